The highest BCUT2D eigenvalue weighted by atomic mass is 31.2. The second kappa shape index (κ2) is 55.6. The highest BCUT2D eigenvalue weighted by molar-refractivity contribution is 7.47. The maximum atomic E-state index is 13.0. The fourth-order valence-electron chi connectivity index (χ4n) is 8.17. The Morgan fingerprint density at radius 3 is 1.23 bits per heavy atom. The Balaban J connectivity index is 4.36. The monoisotopic (exact) mass is 1060 g/mol. The van der Waals surface area contributed by atoms with Gasteiger partial charge in [-0.15, -0.1) is 0 Å². The molecule has 8 nitrogen and oxygen atoms in total. The second-order valence-corrected chi connectivity index (χ2v) is 22.8. The van der Waals surface area contributed by atoms with Crippen molar-refractivity contribution in [3.05, 3.63) is 122 Å². The van der Waals surface area contributed by atoms with Crippen LogP contribution in [0.4, 0.5) is 0 Å². The van der Waals surface area contributed by atoms with E-state index in [9.17, 15) is 19.4 Å². The van der Waals surface area contributed by atoms with Crippen LogP contribution in [0.2, 0.25) is 0 Å². The number of carbonyl (C=O) groups excluding carboxylic acids is 1. The maximum absolute atomic E-state index is 13.0. The molecule has 0 aromatic heterocycles. The molecule has 0 saturated carbocycles. The number of amides is 1. The Hall–Kier alpha value is -3.10. The van der Waals surface area contributed by atoms with Crippen molar-refractivity contribution in [1.82, 2.24) is 5.32 Å². The normalized spacial score (nSPS) is 14.7. The fraction of sp³-hybridized carbons (Fsp3) is 0.682. The highest BCUT2D eigenvalue weighted by Crippen LogP contribution is 2.43. The van der Waals surface area contributed by atoms with Gasteiger partial charge in [0.2, 0.25) is 5.91 Å². The summed E-state index contributed by atoms with van der Waals surface area (Å²) in [5, 5.41) is 13.9. The number of quaternary nitrogens is 1. The number of hydrogen-bond acceptors (Lipinski definition) is 5. The fourth-order valence-corrected chi connectivity index (χ4v) is 8.91. The molecule has 1 amide bonds. The first-order chi connectivity index (χ1) is 36.5. The molecule has 0 aromatic carbocycles. The molecule has 3 unspecified atom stereocenters. The SMILES string of the molecule is CC/C=C\C/C=C\C/C=C\C/C=C\C/C=C\C/C=C\C/C=C\CCCCCC(=O)NC(COP(=O)(O)OCC[N+](C)(C)C)C(O)/C=C/CC/C=C/CC/C=C/CCCCCCCCCCCCCCCCCCCC. The molecule has 0 fully saturated rings. The molecular formula is C66H116N2O6P+. The number of likely N-dealkylation sites (N-methyl/N-ethyl adjacent to an activating group) is 1. The zero-order chi connectivity index (χ0) is 54.9. The van der Waals surface area contributed by atoms with Gasteiger partial charge in [-0.1, -0.05) is 251 Å². The number of phosphoric acid groups is 1. The van der Waals surface area contributed by atoms with Crippen LogP contribution >= 0.6 is 7.82 Å². The first kappa shape index (κ1) is 71.9. The van der Waals surface area contributed by atoms with Gasteiger partial charge in [0.1, 0.15) is 13.2 Å². The number of rotatable bonds is 54. The first-order valence-electron chi connectivity index (χ1n) is 30.4. The summed E-state index contributed by atoms with van der Waals surface area (Å²) in [6.07, 6.45) is 83.2. The van der Waals surface area contributed by atoms with Crippen molar-refractivity contribution < 1.29 is 32.9 Å². The molecule has 430 valence electrons. The van der Waals surface area contributed by atoms with Crippen LogP contribution in [0.25, 0.3) is 0 Å². The van der Waals surface area contributed by atoms with Crippen molar-refractivity contribution in [3.63, 3.8) is 0 Å². The Kier molecular flexibility index (Phi) is 53.3. The van der Waals surface area contributed by atoms with Gasteiger partial charge in [-0.05, 0) is 103 Å². The molecule has 0 bridgehead atoms. The van der Waals surface area contributed by atoms with Gasteiger partial charge in [0.05, 0.1) is 39.9 Å². The largest absolute Gasteiger partial charge is 0.472 e. The quantitative estimate of drug-likeness (QED) is 0.0243. The lowest BCUT2D eigenvalue weighted by Crippen LogP contribution is -2.45. The van der Waals surface area contributed by atoms with Gasteiger partial charge >= 0.3 is 7.82 Å². The topological polar surface area (TPSA) is 105 Å². The van der Waals surface area contributed by atoms with E-state index in [0.29, 0.717) is 23.9 Å². The van der Waals surface area contributed by atoms with Gasteiger partial charge in [-0.25, -0.2) is 4.57 Å². The number of hydrogen-bond donors (Lipinski definition) is 3. The minimum atomic E-state index is -4.38. The number of nitrogens with one attached hydrogen (secondary N) is 1. The molecule has 0 radical (unpaired) electrons. The van der Waals surface area contributed by atoms with Crippen molar-refractivity contribution in [2.75, 3.05) is 40.9 Å². The summed E-state index contributed by atoms with van der Waals surface area (Å²) in [6.45, 7) is 4.65. The third-order valence-corrected chi connectivity index (χ3v) is 13.9. The van der Waals surface area contributed by atoms with Crippen LogP contribution in [0.5, 0.6) is 0 Å². The van der Waals surface area contributed by atoms with Crippen molar-refractivity contribution in [3.8, 4) is 0 Å². The van der Waals surface area contributed by atoms with Crippen molar-refractivity contribution in [2.45, 2.75) is 251 Å². The predicted octanol–water partition coefficient (Wildman–Crippen LogP) is 18.9. The molecule has 0 spiro atoms. The summed E-state index contributed by atoms with van der Waals surface area (Å²) in [6, 6.07) is -0.899. The molecule has 9 heteroatoms. The van der Waals surface area contributed by atoms with Gasteiger partial charge in [0, 0.05) is 6.42 Å². The lowest BCUT2D eigenvalue weighted by atomic mass is 10.0. The Labute approximate surface area is 463 Å². The third-order valence-electron chi connectivity index (χ3n) is 12.9. The molecule has 0 aliphatic rings. The van der Waals surface area contributed by atoms with Crippen LogP contribution in [0.15, 0.2) is 122 Å². The van der Waals surface area contributed by atoms with Gasteiger partial charge < -0.3 is 19.8 Å². The number of carbonyl (C=O) groups is 1. The molecular weight excluding hydrogens is 948 g/mol. The van der Waals surface area contributed by atoms with E-state index in [1.165, 1.54) is 122 Å². The first-order valence-corrected chi connectivity index (χ1v) is 31.9. The molecule has 0 heterocycles. The van der Waals surface area contributed by atoms with E-state index in [0.717, 1.165) is 89.9 Å². The number of aliphatic hydroxyl groups is 1. The van der Waals surface area contributed by atoms with E-state index >= 15 is 0 Å². The van der Waals surface area contributed by atoms with Crippen LogP contribution in [-0.4, -0.2) is 73.4 Å². The van der Waals surface area contributed by atoms with Gasteiger partial charge in [-0.3, -0.25) is 13.8 Å². The molecule has 0 rings (SSSR count). The molecule has 0 aliphatic carbocycles. The maximum Gasteiger partial charge on any atom is 0.472 e. The number of aliphatic hydroxyl groups excluding tert-OH is 1. The molecule has 3 N–H and O–H groups in total. The van der Waals surface area contributed by atoms with E-state index in [2.05, 4.69) is 129 Å². The molecule has 3 atom stereocenters. The zero-order valence-electron chi connectivity index (χ0n) is 49.0. The van der Waals surface area contributed by atoms with Gasteiger partial charge in [-0.2, -0.15) is 0 Å². The molecule has 0 aromatic rings. The number of unbranched alkanes of at least 4 members (excludes halogenated alkanes) is 23. The average molecular weight is 1060 g/mol. The summed E-state index contributed by atoms with van der Waals surface area (Å²) >= 11 is 0. The number of nitrogens with zero attached hydrogens (tertiary/aromatic N) is 1. The zero-order valence-corrected chi connectivity index (χ0v) is 49.9. The Morgan fingerprint density at radius 2 is 0.813 bits per heavy atom. The van der Waals surface area contributed by atoms with Crippen molar-refractivity contribution in [2.24, 2.45) is 0 Å². The van der Waals surface area contributed by atoms with E-state index in [4.69, 9.17) is 9.05 Å². The third kappa shape index (κ3) is 58.4. The summed E-state index contributed by atoms with van der Waals surface area (Å²) in [4.78, 5) is 23.3. The second-order valence-electron chi connectivity index (χ2n) is 21.3. The lowest BCUT2D eigenvalue weighted by Gasteiger charge is -2.25. The summed E-state index contributed by atoms with van der Waals surface area (Å²) in [5.74, 6) is -0.227. The lowest BCUT2D eigenvalue weighted by molar-refractivity contribution is -0.870. The Bertz CT molecular complexity index is 1630. The summed E-state index contributed by atoms with van der Waals surface area (Å²) in [5.41, 5.74) is 0. The minimum absolute atomic E-state index is 0.0396. The molecule has 75 heavy (non-hydrogen) atoms. The number of allylic oxidation sites excluding steroid dienone is 19. The predicted molar refractivity (Wildman–Crippen MR) is 327 cm³/mol. The average Bonchev–Trinajstić information content (AvgIpc) is 3.37. The van der Waals surface area contributed by atoms with Crippen molar-refractivity contribution >= 4 is 13.7 Å². The Morgan fingerprint density at radius 1 is 0.467 bits per heavy atom. The van der Waals surface area contributed by atoms with Crippen LogP contribution in [0.3, 0.4) is 0 Å². The van der Waals surface area contributed by atoms with Crippen molar-refractivity contribution in [1.29, 1.82) is 0 Å². The van der Waals surface area contributed by atoms with Crippen LogP contribution in [0.1, 0.15) is 239 Å². The smallest absolute Gasteiger partial charge is 0.387 e. The number of phosphoric ester groups is 1. The van der Waals surface area contributed by atoms with E-state index in [-0.39, 0.29) is 19.1 Å². The van der Waals surface area contributed by atoms with Crippen LogP contribution < -0.4 is 5.32 Å². The minimum Gasteiger partial charge on any atom is -0.387 e. The summed E-state index contributed by atoms with van der Waals surface area (Å²) in [7, 11) is 1.51. The van der Waals surface area contributed by atoms with Gasteiger partial charge in [0.25, 0.3) is 0 Å². The van der Waals surface area contributed by atoms with E-state index in [1.807, 2.05) is 27.2 Å². The summed E-state index contributed by atoms with van der Waals surface area (Å²) < 4.78 is 23.7. The highest BCUT2D eigenvalue weighted by Gasteiger charge is 2.27. The van der Waals surface area contributed by atoms with E-state index in [1.54, 1.807) is 6.08 Å². The molecule has 0 aliphatic heterocycles. The van der Waals surface area contributed by atoms with E-state index < -0.39 is 20.0 Å². The standard InChI is InChI=1S/C66H115N2O6P/c1-6-8-10-12-14-16-18-20-22-24-26-28-30-32-33-34-36-37-39-41-43-45-47-49-51-53-55-57-59-65(69)64(63-74-75(71,72)73-62-61-68(3,4)5)67-66(70)60-58-56-54-52-50-48-46-44-42-40-38-35-31-29-27-25-23-21-19-17-15-13-11-9-7-2/h9,11,15,17,21,23,27,29,35,38,41-44,48-51,57,59,64-65,69H,6-8,10,12-14,16,18-20,22,24-26,28,30-34,36-37,39-40,45-47,52-56,58,60-63H2,1-5H3,(H-,67,70,71,72)/p+1/b11-9-,17-15-,23-21-,29-27-,38-35-,43-41+,44-42-,50-48-,51-49+,59-57+. The van der Waals surface area contributed by atoms with Gasteiger partial charge in [0.15, 0.2) is 0 Å². The van der Waals surface area contributed by atoms with Crippen LogP contribution in [0, 0.1) is 0 Å². The van der Waals surface area contributed by atoms with Crippen LogP contribution in [-0.2, 0) is 18.4 Å². The molecule has 0 saturated heterocycles.